The summed E-state index contributed by atoms with van der Waals surface area (Å²) in [5.41, 5.74) is 4.12. The lowest BCUT2D eigenvalue weighted by Crippen LogP contribution is -2.17. The van der Waals surface area contributed by atoms with E-state index in [1.807, 2.05) is 0 Å². The van der Waals surface area contributed by atoms with Gasteiger partial charge >= 0.3 is 0 Å². The Morgan fingerprint density at radius 1 is 1.10 bits per heavy atom. The number of rotatable bonds is 7. The zero-order valence-corrected chi connectivity index (χ0v) is 12.9. The van der Waals surface area contributed by atoms with Gasteiger partial charge in [-0.3, -0.25) is 0 Å². The molecule has 0 saturated carbocycles. The first-order chi connectivity index (χ1) is 9.70. The second-order valence-corrected chi connectivity index (χ2v) is 5.70. The molecule has 1 heterocycles. The predicted octanol–water partition coefficient (Wildman–Crippen LogP) is 4.16. The molecule has 1 aromatic carbocycles. The van der Waals surface area contributed by atoms with E-state index in [0.29, 0.717) is 5.92 Å². The van der Waals surface area contributed by atoms with Crippen molar-refractivity contribution in [1.29, 1.82) is 0 Å². The molecular weight excluding hydrogens is 244 g/mol. The summed E-state index contributed by atoms with van der Waals surface area (Å²) in [5, 5.41) is 3.47. The molecule has 0 bridgehead atoms. The quantitative estimate of drug-likeness (QED) is 0.748. The Hall–Kier alpha value is -1.54. The monoisotopic (exact) mass is 270 g/mol. The Labute approximate surface area is 122 Å². The number of hydrogen-bond donors (Lipinski definition) is 1. The van der Waals surface area contributed by atoms with Crippen LogP contribution < -0.4 is 5.32 Å². The number of aromatic nitrogens is 1. The van der Waals surface area contributed by atoms with Gasteiger partial charge in [-0.25, -0.2) is 0 Å². The topological polar surface area (TPSA) is 17.0 Å². The van der Waals surface area contributed by atoms with E-state index in [0.717, 1.165) is 19.6 Å². The van der Waals surface area contributed by atoms with Crippen molar-refractivity contribution in [3.63, 3.8) is 0 Å². The van der Waals surface area contributed by atoms with E-state index in [9.17, 15) is 0 Å². The Bertz CT molecular complexity index is 508. The van der Waals surface area contributed by atoms with Gasteiger partial charge in [-0.2, -0.15) is 0 Å². The fraction of sp³-hybridized carbons (Fsp3) is 0.444. The second kappa shape index (κ2) is 7.30. The van der Waals surface area contributed by atoms with Crippen molar-refractivity contribution < 1.29 is 0 Å². The molecule has 0 aliphatic heterocycles. The lowest BCUT2D eigenvalue weighted by atomic mass is 10.0. The van der Waals surface area contributed by atoms with Crippen LogP contribution in [0, 0.1) is 0 Å². The summed E-state index contributed by atoms with van der Waals surface area (Å²) in [6.07, 6.45) is 3.34. The third kappa shape index (κ3) is 3.97. The summed E-state index contributed by atoms with van der Waals surface area (Å²) in [5.74, 6) is 0.601. The molecule has 0 unspecified atom stereocenters. The molecule has 0 amide bonds. The number of nitrogens with zero attached hydrogens (tertiary/aromatic N) is 1. The summed E-state index contributed by atoms with van der Waals surface area (Å²) in [6.45, 7) is 9.65. The van der Waals surface area contributed by atoms with Crippen LogP contribution in [-0.4, -0.2) is 11.1 Å². The molecule has 0 saturated heterocycles. The van der Waals surface area contributed by atoms with Gasteiger partial charge in [0.05, 0.1) is 0 Å². The van der Waals surface area contributed by atoms with Crippen molar-refractivity contribution in [2.24, 2.45) is 0 Å². The minimum absolute atomic E-state index is 0.601. The van der Waals surface area contributed by atoms with Crippen LogP contribution in [0.2, 0.25) is 0 Å². The van der Waals surface area contributed by atoms with E-state index in [1.165, 1.54) is 23.2 Å². The molecule has 0 atom stereocenters. The Balaban J connectivity index is 2.00. The van der Waals surface area contributed by atoms with Crippen LogP contribution in [0.5, 0.6) is 0 Å². The van der Waals surface area contributed by atoms with Gasteiger partial charge < -0.3 is 9.88 Å². The first-order valence-electron chi connectivity index (χ1n) is 7.64. The van der Waals surface area contributed by atoms with Crippen molar-refractivity contribution in [1.82, 2.24) is 9.88 Å². The molecule has 0 fully saturated rings. The SMILES string of the molecule is CCCNCc1cccn1Cc1ccc(C(C)C)cc1. The maximum atomic E-state index is 3.47. The van der Waals surface area contributed by atoms with Crippen molar-refractivity contribution in [2.75, 3.05) is 6.54 Å². The van der Waals surface area contributed by atoms with Gasteiger partial charge in [0, 0.05) is 25.0 Å². The molecule has 0 aliphatic rings. The third-order valence-electron chi connectivity index (χ3n) is 3.66. The summed E-state index contributed by atoms with van der Waals surface area (Å²) in [7, 11) is 0. The molecule has 2 heteroatoms. The number of benzene rings is 1. The Morgan fingerprint density at radius 3 is 2.50 bits per heavy atom. The number of nitrogens with one attached hydrogen (secondary N) is 1. The molecule has 2 nitrogen and oxygen atoms in total. The van der Waals surface area contributed by atoms with Gasteiger partial charge in [0.1, 0.15) is 0 Å². The van der Waals surface area contributed by atoms with Gasteiger partial charge in [-0.15, -0.1) is 0 Å². The molecule has 2 rings (SSSR count). The molecular formula is C18H26N2. The maximum absolute atomic E-state index is 3.47. The standard InChI is InChI=1S/C18H26N2/c1-4-11-19-13-18-6-5-12-20(18)14-16-7-9-17(10-8-16)15(2)3/h5-10,12,15,19H,4,11,13-14H2,1-3H3. The van der Waals surface area contributed by atoms with Crippen molar-refractivity contribution in [2.45, 2.75) is 46.2 Å². The molecule has 1 aromatic heterocycles. The van der Waals surface area contributed by atoms with Crippen LogP contribution in [0.15, 0.2) is 42.6 Å². The van der Waals surface area contributed by atoms with E-state index in [4.69, 9.17) is 0 Å². The van der Waals surface area contributed by atoms with Gasteiger partial charge in [0.15, 0.2) is 0 Å². The van der Waals surface area contributed by atoms with Crippen LogP contribution in [0.1, 0.15) is 49.9 Å². The zero-order chi connectivity index (χ0) is 14.4. The van der Waals surface area contributed by atoms with Gasteiger partial charge in [0.2, 0.25) is 0 Å². The molecule has 0 spiro atoms. The van der Waals surface area contributed by atoms with Crippen molar-refractivity contribution >= 4 is 0 Å². The minimum atomic E-state index is 0.601. The summed E-state index contributed by atoms with van der Waals surface area (Å²) in [4.78, 5) is 0. The highest BCUT2D eigenvalue weighted by Crippen LogP contribution is 2.16. The Morgan fingerprint density at radius 2 is 1.85 bits per heavy atom. The summed E-state index contributed by atoms with van der Waals surface area (Å²) < 4.78 is 2.33. The fourth-order valence-electron chi connectivity index (χ4n) is 2.36. The van der Waals surface area contributed by atoms with E-state index >= 15 is 0 Å². The molecule has 0 radical (unpaired) electrons. The van der Waals surface area contributed by atoms with Gasteiger partial charge in [-0.1, -0.05) is 45.0 Å². The smallest absolute Gasteiger partial charge is 0.0473 e. The average molecular weight is 270 g/mol. The van der Waals surface area contributed by atoms with E-state index in [-0.39, 0.29) is 0 Å². The Kier molecular flexibility index (Phi) is 5.42. The lowest BCUT2D eigenvalue weighted by molar-refractivity contribution is 0.630. The highest BCUT2D eigenvalue weighted by molar-refractivity contribution is 5.25. The highest BCUT2D eigenvalue weighted by atomic mass is 15.0. The van der Waals surface area contributed by atoms with Crippen molar-refractivity contribution in [3.8, 4) is 0 Å². The predicted molar refractivity (Wildman–Crippen MR) is 86.1 cm³/mol. The van der Waals surface area contributed by atoms with Crippen LogP contribution in [0.25, 0.3) is 0 Å². The molecule has 0 aliphatic carbocycles. The highest BCUT2D eigenvalue weighted by Gasteiger charge is 2.03. The molecule has 1 N–H and O–H groups in total. The van der Waals surface area contributed by atoms with Crippen LogP contribution >= 0.6 is 0 Å². The first kappa shape index (κ1) is 14.9. The summed E-state index contributed by atoms with van der Waals surface area (Å²) in [6, 6.07) is 13.3. The van der Waals surface area contributed by atoms with E-state index in [2.05, 4.69) is 73.3 Å². The molecule has 108 valence electrons. The van der Waals surface area contributed by atoms with Crippen LogP contribution in [0.4, 0.5) is 0 Å². The maximum Gasteiger partial charge on any atom is 0.0473 e. The largest absolute Gasteiger partial charge is 0.346 e. The fourth-order valence-corrected chi connectivity index (χ4v) is 2.36. The van der Waals surface area contributed by atoms with Gasteiger partial charge in [-0.05, 0) is 42.1 Å². The second-order valence-electron chi connectivity index (χ2n) is 5.70. The van der Waals surface area contributed by atoms with Crippen LogP contribution in [0.3, 0.4) is 0 Å². The van der Waals surface area contributed by atoms with E-state index in [1.54, 1.807) is 0 Å². The number of hydrogen-bond acceptors (Lipinski definition) is 1. The normalized spacial score (nSPS) is 11.2. The third-order valence-corrected chi connectivity index (χ3v) is 3.66. The van der Waals surface area contributed by atoms with Crippen LogP contribution in [-0.2, 0) is 13.1 Å². The average Bonchev–Trinajstić information content (AvgIpc) is 2.87. The molecule has 2 aromatic rings. The lowest BCUT2D eigenvalue weighted by Gasteiger charge is -2.11. The van der Waals surface area contributed by atoms with Crippen molar-refractivity contribution in [3.05, 3.63) is 59.4 Å². The zero-order valence-electron chi connectivity index (χ0n) is 12.9. The minimum Gasteiger partial charge on any atom is -0.346 e. The van der Waals surface area contributed by atoms with E-state index < -0.39 is 0 Å². The molecule has 20 heavy (non-hydrogen) atoms. The summed E-state index contributed by atoms with van der Waals surface area (Å²) >= 11 is 0. The van der Waals surface area contributed by atoms with Gasteiger partial charge in [0.25, 0.3) is 0 Å². The first-order valence-corrected chi connectivity index (χ1v) is 7.64.